The molecule has 3 rings (SSSR count). The molecule has 1 heterocycles. The van der Waals surface area contributed by atoms with E-state index in [1.807, 2.05) is 0 Å². The van der Waals surface area contributed by atoms with Crippen molar-refractivity contribution in [1.82, 2.24) is 10.1 Å². The molecule has 122 valence electrons. The van der Waals surface area contributed by atoms with Crippen LogP contribution in [0.15, 0.2) is 34.9 Å². The van der Waals surface area contributed by atoms with Crippen LogP contribution >= 0.6 is 34.8 Å². The van der Waals surface area contributed by atoms with Gasteiger partial charge < -0.3 is 14.7 Å². The highest BCUT2D eigenvalue weighted by atomic mass is 35.5. The van der Waals surface area contributed by atoms with Crippen molar-refractivity contribution in [3.8, 4) is 28.6 Å². The lowest BCUT2D eigenvalue weighted by Crippen LogP contribution is -1.96. The van der Waals surface area contributed by atoms with Gasteiger partial charge in [-0.1, -0.05) is 40.0 Å². The minimum atomic E-state index is -1.15. The number of rotatable bonds is 3. The van der Waals surface area contributed by atoms with Gasteiger partial charge in [0.15, 0.2) is 0 Å². The first-order valence-corrected chi connectivity index (χ1v) is 7.55. The molecule has 1 aromatic heterocycles. The minimum absolute atomic E-state index is 0.00677. The largest absolute Gasteiger partial charge is 0.507 e. The van der Waals surface area contributed by atoms with Gasteiger partial charge in [-0.25, -0.2) is 4.79 Å². The first-order chi connectivity index (χ1) is 11.4. The summed E-state index contributed by atoms with van der Waals surface area (Å²) < 4.78 is 5.13. The smallest absolute Gasteiger partial charge is 0.335 e. The average Bonchev–Trinajstić information content (AvgIpc) is 2.95. The first kappa shape index (κ1) is 16.6. The predicted octanol–water partition coefficient (Wildman–Crippen LogP) is 4.77. The molecular weight excluding hydrogens is 379 g/mol. The van der Waals surface area contributed by atoms with Gasteiger partial charge in [0.1, 0.15) is 5.75 Å². The Balaban J connectivity index is 2.10. The molecule has 0 bridgehead atoms. The Morgan fingerprint density at radius 1 is 1.08 bits per heavy atom. The number of aromatic hydroxyl groups is 1. The summed E-state index contributed by atoms with van der Waals surface area (Å²) in [5.41, 5.74) is 0.359. The highest BCUT2D eigenvalue weighted by Crippen LogP contribution is 2.37. The molecule has 0 spiro atoms. The van der Waals surface area contributed by atoms with Crippen molar-refractivity contribution < 1.29 is 19.5 Å². The van der Waals surface area contributed by atoms with Gasteiger partial charge >= 0.3 is 5.97 Å². The summed E-state index contributed by atoms with van der Waals surface area (Å²) in [4.78, 5) is 15.2. The van der Waals surface area contributed by atoms with E-state index in [2.05, 4.69) is 10.1 Å². The Hall–Kier alpha value is -2.28. The van der Waals surface area contributed by atoms with Gasteiger partial charge in [-0.05, 0) is 30.3 Å². The second-order valence-corrected chi connectivity index (χ2v) is 5.96. The van der Waals surface area contributed by atoms with Crippen LogP contribution in [0.2, 0.25) is 15.1 Å². The molecule has 0 aliphatic heterocycles. The molecular formula is C15H7Cl3N2O4. The number of phenolic OH excluding ortho intramolecular Hbond substituents is 1. The second kappa shape index (κ2) is 6.32. The zero-order valence-electron chi connectivity index (χ0n) is 11.6. The summed E-state index contributed by atoms with van der Waals surface area (Å²) in [6, 6.07) is 6.66. The number of benzene rings is 2. The fraction of sp³-hybridized carbons (Fsp3) is 0. The monoisotopic (exact) mass is 384 g/mol. The number of carboxylic acids is 1. The van der Waals surface area contributed by atoms with Crippen LogP contribution < -0.4 is 0 Å². The van der Waals surface area contributed by atoms with Crippen LogP contribution in [-0.4, -0.2) is 26.3 Å². The maximum absolute atomic E-state index is 11.1. The number of aromatic carboxylic acids is 1. The molecule has 24 heavy (non-hydrogen) atoms. The van der Waals surface area contributed by atoms with Crippen LogP contribution in [0.25, 0.3) is 22.8 Å². The third-order valence-corrected chi connectivity index (χ3v) is 3.95. The summed E-state index contributed by atoms with van der Waals surface area (Å²) in [7, 11) is 0. The molecule has 0 atom stereocenters. The van der Waals surface area contributed by atoms with Crippen LogP contribution in [-0.2, 0) is 0 Å². The van der Waals surface area contributed by atoms with Crippen molar-refractivity contribution in [2.24, 2.45) is 0 Å². The Labute approximate surface area is 150 Å². The number of phenols is 1. The normalized spacial score (nSPS) is 10.8. The Morgan fingerprint density at radius 2 is 1.75 bits per heavy atom. The highest BCUT2D eigenvalue weighted by molar-refractivity contribution is 6.41. The molecule has 0 fully saturated rings. The zero-order valence-corrected chi connectivity index (χ0v) is 13.9. The van der Waals surface area contributed by atoms with E-state index < -0.39 is 5.97 Å². The first-order valence-electron chi connectivity index (χ1n) is 6.42. The van der Waals surface area contributed by atoms with Crippen LogP contribution in [0.1, 0.15) is 10.4 Å². The van der Waals surface area contributed by atoms with Crippen LogP contribution in [0.3, 0.4) is 0 Å². The van der Waals surface area contributed by atoms with Crippen molar-refractivity contribution in [3.63, 3.8) is 0 Å². The SMILES string of the molecule is O=C(O)c1ccc(O)c(-c2noc(-c3c(Cl)cc(Cl)cc3Cl)n2)c1. The molecule has 3 aromatic rings. The van der Waals surface area contributed by atoms with Gasteiger partial charge in [0, 0.05) is 5.02 Å². The van der Waals surface area contributed by atoms with Crippen molar-refractivity contribution in [2.45, 2.75) is 0 Å². The standard InChI is InChI=1S/C15H7Cl3N2O4/c16-7-4-9(17)12(10(18)5-7)14-19-13(20-24-14)8-3-6(15(22)23)1-2-11(8)21/h1-5,21H,(H,22,23). The number of hydrogen-bond acceptors (Lipinski definition) is 5. The number of halogens is 3. The fourth-order valence-corrected chi connectivity index (χ4v) is 3.01. The summed E-state index contributed by atoms with van der Waals surface area (Å²) in [5, 5.41) is 23.5. The van der Waals surface area contributed by atoms with Crippen molar-refractivity contribution in [1.29, 1.82) is 0 Å². The summed E-state index contributed by atoms with van der Waals surface area (Å²) >= 11 is 18.1. The van der Waals surface area contributed by atoms with Crippen molar-refractivity contribution in [3.05, 3.63) is 51.0 Å². The minimum Gasteiger partial charge on any atom is -0.507 e. The number of carboxylic acid groups (broad SMARTS) is 1. The van der Waals surface area contributed by atoms with Gasteiger partial charge in [0.25, 0.3) is 5.89 Å². The van der Waals surface area contributed by atoms with Crippen LogP contribution in [0.4, 0.5) is 0 Å². The quantitative estimate of drug-likeness (QED) is 0.674. The third kappa shape index (κ3) is 3.03. The number of aromatic nitrogens is 2. The van der Waals surface area contributed by atoms with E-state index >= 15 is 0 Å². The number of nitrogens with zero attached hydrogens (tertiary/aromatic N) is 2. The third-order valence-electron chi connectivity index (χ3n) is 3.13. The molecule has 0 aliphatic carbocycles. The van der Waals surface area contributed by atoms with Crippen LogP contribution in [0.5, 0.6) is 5.75 Å². The lowest BCUT2D eigenvalue weighted by molar-refractivity contribution is 0.0697. The maximum Gasteiger partial charge on any atom is 0.335 e. The molecule has 0 radical (unpaired) electrons. The fourth-order valence-electron chi connectivity index (χ4n) is 2.03. The van der Waals surface area contributed by atoms with E-state index in [1.54, 1.807) is 0 Å². The molecule has 6 nitrogen and oxygen atoms in total. The topological polar surface area (TPSA) is 96.5 Å². The number of carbonyl (C=O) groups is 1. The van der Waals surface area contributed by atoms with Gasteiger partial charge in [-0.2, -0.15) is 4.98 Å². The van der Waals surface area contributed by atoms with E-state index in [-0.39, 0.29) is 44.2 Å². The predicted molar refractivity (Wildman–Crippen MR) is 88.8 cm³/mol. The molecule has 0 aliphatic rings. The molecule has 0 amide bonds. The van der Waals surface area contributed by atoms with Gasteiger partial charge in [-0.3, -0.25) is 0 Å². The summed E-state index contributed by atoms with van der Waals surface area (Å²) in [5.74, 6) is -1.34. The molecule has 2 aromatic carbocycles. The van der Waals surface area contributed by atoms with E-state index in [1.165, 1.54) is 30.3 Å². The molecule has 9 heteroatoms. The Morgan fingerprint density at radius 3 is 2.38 bits per heavy atom. The van der Waals surface area contributed by atoms with E-state index in [0.29, 0.717) is 5.02 Å². The van der Waals surface area contributed by atoms with Crippen molar-refractivity contribution >= 4 is 40.8 Å². The van der Waals surface area contributed by atoms with Gasteiger partial charge in [0.2, 0.25) is 5.82 Å². The highest BCUT2D eigenvalue weighted by Gasteiger charge is 2.20. The molecule has 0 unspecified atom stereocenters. The maximum atomic E-state index is 11.1. The lowest BCUT2D eigenvalue weighted by Gasteiger charge is -2.03. The average molecular weight is 386 g/mol. The Kier molecular flexibility index (Phi) is 4.36. The summed E-state index contributed by atoms with van der Waals surface area (Å²) in [6.07, 6.45) is 0. The molecule has 0 saturated carbocycles. The second-order valence-electron chi connectivity index (χ2n) is 4.70. The molecule has 2 N–H and O–H groups in total. The Bertz CT molecular complexity index is 933. The summed E-state index contributed by atoms with van der Waals surface area (Å²) in [6.45, 7) is 0. The van der Waals surface area contributed by atoms with E-state index in [4.69, 9.17) is 44.4 Å². The van der Waals surface area contributed by atoms with E-state index in [0.717, 1.165) is 0 Å². The number of hydrogen-bond donors (Lipinski definition) is 2. The van der Waals surface area contributed by atoms with Crippen LogP contribution in [0, 0.1) is 0 Å². The van der Waals surface area contributed by atoms with Gasteiger partial charge in [0.05, 0.1) is 26.7 Å². The van der Waals surface area contributed by atoms with E-state index in [9.17, 15) is 9.90 Å². The lowest BCUT2D eigenvalue weighted by atomic mass is 10.1. The van der Waals surface area contributed by atoms with Crippen molar-refractivity contribution in [2.75, 3.05) is 0 Å². The molecule has 0 saturated heterocycles. The zero-order chi connectivity index (χ0) is 17.4. The van der Waals surface area contributed by atoms with Gasteiger partial charge in [-0.15, -0.1) is 0 Å².